The smallest absolute Gasteiger partial charge is 0.407 e. The molecule has 38 heavy (non-hydrogen) atoms. The van der Waals surface area contributed by atoms with E-state index in [1.54, 1.807) is 42.9 Å². The van der Waals surface area contributed by atoms with Gasteiger partial charge in [-0.05, 0) is 32.8 Å². The minimum absolute atomic E-state index is 0.0772. The maximum absolute atomic E-state index is 15.0. The predicted octanol–water partition coefficient (Wildman–Crippen LogP) is 3.18. The Hall–Kier alpha value is -4.51. The second-order valence-electron chi connectivity index (χ2n) is 9.59. The molecular weight excluding hydrogens is 495 g/mol. The molecule has 6 rings (SSSR count). The second kappa shape index (κ2) is 9.42. The molecule has 1 aliphatic heterocycles. The number of nitrogens with one attached hydrogen (secondary N) is 3. The number of nitriles is 1. The van der Waals surface area contributed by atoms with Gasteiger partial charge in [-0.1, -0.05) is 0 Å². The zero-order valence-corrected chi connectivity index (χ0v) is 20.6. The number of alkyl halides is 1. The van der Waals surface area contributed by atoms with Gasteiger partial charge in [0.05, 0.1) is 35.8 Å². The topological polar surface area (TPSA) is 160 Å². The Balaban J connectivity index is 1.23. The highest BCUT2D eigenvalue weighted by Crippen LogP contribution is 2.39. The van der Waals surface area contributed by atoms with Crippen LogP contribution in [0.2, 0.25) is 0 Å². The molecule has 196 valence electrons. The lowest BCUT2D eigenvalue weighted by atomic mass is 10.1. The number of amides is 1. The minimum Gasteiger partial charge on any atom is -0.441 e. The Bertz CT molecular complexity index is 1530. The lowest BCUT2D eigenvalue weighted by Crippen LogP contribution is -2.36. The number of anilines is 2. The number of hydrogen-bond acceptors (Lipinski definition) is 9. The van der Waals surface area contributed by atoms with Gasteiger partial charge in [-0.25, -0.2) is 19.2 Å². The van der Waals surface area contributed by atoms with Crippen LogP contribution in [0.5, 0.6) is 0 Å². The normalized spacial score (nSPS) is 21.1. The fraction of sp³-hybridized carbons (Fsp3) is 0.417. The maximum Gasteiger partial charge on any atom is 0.407 e. The van der Waals surface area contributed by atoms with Crippen molar-refractivity contribution >= 4 is 23.5 Å². The molecule has 1 amide bonds. The van der Waals surface area contributed by atoms with Crippen LogP contribution in [-0.2, 0) is 9.47 Å². The van der Waals surface area contributed by atoms with Gasteiger partial charge in [0.25, 0.3) is 0 Å². The molecule has 4 aromatic heterocycles. The number of rotatable bonds is 7. The van der Waals surface area contributed by atoms with Crippen LogP contribution in [0, 0.1) is 11.3 Å². The molecule has 1 aliphatic carbocycles. The van der Waals surface area contributed by atoms with Gasteiger partial charge in [-0.2, -0.15) is 15.5 Å². The zero-order chi connectivity index (χ0) is 26.4. The molecule has 0 spiro atoms. The highest BCUT2D eigenvalue weighted by molar-refractivity contribution is 5.77. The standard InChI is InChI=1S/C24H25FN10O3/c1-12(2)29-24(36)38-18-11-37-21(20(18)25)16-7-19(33-32-16)31-23-27-9-15(22-30-13(8-26)10-34(22)23)17-5-6-28-35(17)14-3-4-14/h5-7,9-10,12,14,18,20-21H,3-4,11H2,1-2H3,(H,29,36)(H2,27,31,32,33)/t18-,20-,21-/m0/s1. The molecule has 0 unspecified atom stereocenters. The Labute approximate surface area is 216 Å². The van der Waals surface area contributed by atoms with Gasteiger partial charge in [0, 0.05) is 24.5 Å². The van der Waals surface area contributed by atoms with E-state index in [0.717, 1.165) is 24.1 Å². The SMILES string of the molecule is CC(C)NC(=O)O[C@H]1CO[C@@H](c2cc(Nc3ncc(-c4ccnn4C4CC4)c4nc(C#N)cn34)n[nH]2)[C@H]1F. The summed E-state index contributed by atoms with van der Waals surface area (Å²) in [5.74, 6) is 0.721. The van der Waals surface area contributed by atoms with E-state index in [9.17, 15) is 10.1 Å². The zero-order valence-electron chi connectivity index (χ0n) is 20.6. The number of ether oxygens (including phenoxy) is 2. The molecule has 3 atom stereocenters. The number of fused-ring (bicyclic) bond motifs is 1. The summed E-state index contributed by atoms with van der Waals surface area (Å²) in [5.41, 5.74) is 2.77. The molecule has 0 bridgehead atoms. The highest BCUT2D eigenvalue weighted by Gasteiger charge is 2.42. The molecule has 1 saturated heterocycles. The van der Waals surface area contributed by atoms with Crippen molar-refractivity contribution in [1.29, 1.82) is 5.26 Å². The molecule has 1 saturated carbocycles. The number of carbonyl (C=O) groups excluding carboxylic acids is 1. The van der Waals surface area contributed by atoms with Gasteiger partial charge in [0.1, 0.15) is 12.2 Å². The third-order valence-electron chi connectivity index (χ3n) is 6.34. The first kappa shape index (κ1) is 23.9. The van der Waals surface area contributed by atoms with Crippen LogP contribution in [0.25, 0.3) is 16.9 Å². The molecule has 5 heterocycles. The Morgan fingerprint density at radius 3 is 3.00 bits per heavy atom. The van der Waals surface area contributed by atoms with Crippen LogP contribution < -0.4 is 10.6 Å². The van der Waals surface area contributed by atoms with Crippen LogP contribution in [0.4, 0.5) is 21.0 Å². The molecule has 13 nitrogen and oxygen atoms in total. The molecule has 2 aliphatic rings. The number of aromatic amines is 1. The third-order valence-corrected chi connectivity index (χ3v) is 6.34. The highest BCUT2D eigenvalue weighted by atomic mass is 19.1. The van der Waals surface area contributed by atoms with E-state index in [2.05, 4.69) is 42.0 Å². The average Bonchev–Trinajstić information content (AvgIpc) is 3.25. The number of aromatic nitrogens is 7. The van der Waals surface area contributed by atoms with Crippen molar-refractivity contribution in [2.24, 2.45) is 0 Å². The Morgan fingerprint density at radius 1 is 1.39 bits per heavy atom. The lowest BCUT2D eigenvalue weighted by molar-refractivity contribution is 0.0615. The molecule has 3 N–H and O–H groups in total. The number of imidazole rings is 1. The van der Waals surface area contributed by atoms with Gasteiger partial charge in [0.15, 0.2) is 29.4 Å². The summed E-state index contributed by atoms with van der Waals surface area (Å²) < 4.78 is 29.4. The van der Waals surface area contributed by atoms with Crippen molar-refractivity contribution in [3.63, 3.8) is 0 Å². The lowest BCUT2D eigenvalue weighted by Gasteiger charge is -2.16. The van der Waals surface area contributed by atoms with Gasteiger partial charge >= 0.3 is 6.09 Å². The quantitative estimate of drug-likeness (QED) is 0.332. The van der Waals surface area contributed by atoms with E-state index in [-0.39, 0.29) is 18.3 Å². The van der Waals surface area contributed by atoms with Gasteiger partial charge < -0.3 is 20.1 Å². The summed E-state index contributed by atoms with van der Waals surface area (Å²) in [6.45, 7) is 3.49. The monoisotopic (exact) mass is 520 g/mol. The second-order valence-corrected chi connectivity index (χ2v) is 9.59. The van der Waals surface area contributed by atoms with E-state index in [0.29, 0.717) is 29.1 Å². The van der Waals surface area contributed by atoms with Gasteiger partial charge in [-0.3, -0.25) is 14.2 Å². The fourth-order valence-electron chi connectivity index (χ4n) is 4.45. The summed E-state index contributed by atoms with van der Waals surface area (Å²) in [4.78, 5) is 20.9. The van der Waals surface area contributed by atoms with Crippen molar-refractivity contribution in [3.8, 4) is 17.3 Å². The van der Waals surface area contributed by atoms with Gasteiger partial charge in [-0.15, -0.1) is 0 Å². The summed E-state index contributed by atoms with van der Waals surface area (Å²) in [7, 11) is 0. The number of carbonyl (C=O) groups is 1. The molecule has 0 radical (unpaired) electrons. The molecular formula is C24H25FN10O3. The Kier molecular flexibility index (Phi) is 5.91. The Morgan fingerprint density at radius 2 is 2.24 bits per heavy atom. The first-order chi connectivity index (χ1) is 18.4. The number of nitrogens with zero attached hydrogens (tertiary/aromatic N) is 7. The molecule has 2 fully saturated rings. The molecule has 14 heteroatoms. The van der Waals surface area contributed by atoms with E-state index >= 15 is 4.39 Å². The number of H-pyrrole nitrogens is 1. The van der Waals surface area contributed by atoms with Crippen LogP contribution in [-0.4, -0.2) is 65.4 Å². The predicted molar refractivity (Wildman–Crippen MR) is 131 cm³/mol. The number of alkyl carbamates (subject to hydrolysis) is 1. The third kappa shape index (κ3) is 4.41. The number of halogens is 1. The fourth-order valence-corrected chi connectivity index (χ4v) is 4.45. The average molecular weight is 521 g/mol. The molecule has 4 aromatic rings. The first-order valence-corrected chi connectivity index (χ1v) is 12.3. The largest absolute Gasteiger partial charge is 0.441 e. The summed E-state index contributed by atoms with van der Waals surface area (Å²) >= 11 is 0. The van der Waals surface area contributed by atoms with Crippen LogP contribution in [0.1, 0.15) is 50.2 Å². The van der Waals surface area contributed by atoms with Crippen molar-refractivity contribution < 1.29 is 18.7 Å². The minimum atomic E-state index is -1.58. The van der Waals surface area contributed by atoms with Crippen LogP contribution in [0.15, 0.2) is 30.7 Å². The summed E-state index contributed by atoms with van der Waals surface area (Å²) in [6.07, 6.45) is 2.86. The van der Waals surface area contributed by atoms with E-state index in [1.165, 1.54) is 0 Å². The summed E-state index contributed by atoms with van der Waals surface area (Å²) in [6, 6.07) is 5.80. The maximum atomic E-state index is 15.0. The van der Waals surface area contributed by atoms with Crippen molar-refractivity contribution in [2.75, 3.05) is 11.9 Å². The van der Waals surface area contributed by atoms with Gasteiger partial charge in [0.2, 0.25) is 5.95 Å². The van der Waals surface area contributed by atoms with Crippen molar-refractivity contribution in [1.82, 2.24) is 39.7 Å². The van der Waals surface area contributed by atoms with E-state index in [4.69, 9.17) is 9.47 Å². The van der Waals surface area contributed by atoms with E-state index in [1.807, 2.05) is 10.7 Å². The van der Waals surface area contributed by atoms with E-state index < -0.39 is 24.5 Å². The van der Waals surface area contributed by atoms with Crippen molar-refractivity contribution in [3.05, 3.63) is 42.1 Å². The molecule has 0 aromatic carbocycles. The first-order valence-electron chi connectivity index (χ1n) is 12.3. The number of hydrogen-bond donors (Lipinski definition) is 3. The summed E-state index contributed by atoms with van der Waals surface area (Å²) in [5, 5.41) is 26.6. The van der Waals surface area contributed by atoms with Crippen LogP contribution in [0.3, 0.4) is 0 Å². The van der Waals surface area contributed by atoms with Crippen LogP contribution >= 0.6 is 0 Å². The van der Waals surface area contributed by atoms with Crippen molar-refractivity contribution in [2.45, 2.75) is 57.2 Å².